The van der Waals surface area contributed by atoms with Gasteiger partial charge in [0.25, 0.3) is 5.91 Å². The van der Waals surface area contributed by atoms with E-state index in [1.54, 1.807) is 0 Å². The molecular formula is C16H23NO. The summed E-state index contributed by atoms with van der Waals surface area (Å²) in [4.78, 5) is 12.3. The van der Waals surface area contributed by atoms with E-state index in [0.29, 0.717) is 11.5 Å². The van der Waals surface area contributed by atoms with Crippen molar-refractivity contribution in [1.82, 2.24) is 5.32 Å². The Morgan fingerprint density at radius 1 is 1.33 bits per heavy atom. The summed E-state index contributed by atoms with van der Waals surface area (Å²) in [7, 11) is 0. The van der Waals surface area contributed by atoms with E-state index < -0.39 is 0 Å². The third kappa shape index (κ3) is 2.92. The van der Waals surface area contributed by atoms with E-state index in [1.165, 1.54) is 6.42 Å². The summed E-state index contributed by atoms with van der Waals surface area (Å²) < 4.78 is 0. The Hall–Kier alpha value is -1.31. The molecule has 0 aliphatic heterocycles. The van der Waals surface area contributed by atoms with Crippen LogP contribution in [0.3, 0.4) is 0 Å². The van der Waals surface area contributed by atoms with Crippen LogP contribution in [-0.4, -0.2) is 11.9 Å². The molecule has 1 unspecified atom stereocenters. The Morgan fingerprint density at radius 3 is 2.67 bits per heavy atom. The number of hydrogen-bond donors (Lipinski definition) is 1. The van der Waals surface area contributed by atoms with Gasteiger partial charge in [-0.25, -0.2) is 0 Å². The third-order valence-corrected chi connectivity index (χ3v) is 3.94. The van der Waals surface area contributed by atoms with Crippen LogP contribution >= 0.6 is 0 Å². The van der Waals surface area contributed by atoms with Gasteiger partial charge in [0.05, 0.1) is 0 Å². The zero-order valence-corrected chi connectivity index (χ0v) is 11.8. The van der Waals surface area contributed by atoms with Gasteiger partial charge in [-0.15, -0.1) is 0 Å². The largest absolute Gasteiger partial charge is 0.349 e. The number of carbonyl (C=O) groups is 1. The van der Waals surface area contributed by atoms with Crippen molar-refractivity contribution in [1.29, 1.82) is 0 Å². The SMILES string of the molecule is Cc1ccc(C)c(C(=O)NC2CCC(C)(C)C2)c1. The summed E-state index contributed by atoms with van der Waals surface area (Å²) in [5.41, 5.74) is 3.38. The number of benzene rings is 1. The molecule has 1 saturated carbocycles. The van der Waals surface area contributed by atoms with Crippen molar-refractivity contribution in [3.05, 3.63) is 34.9 Å². The van der Waals surface area contributed by atoms with Crippen LogP contribution in [0, 0.1) is 19.3 Å². The first-order valence-electron chi connectivity index (χ1n) is 6.75. The Labute approximate surface area is 110 Å². The fraction of sp³-hybridized carbons (Fsp3) is 0.562. The molecule has 1 N–H and O–H groups in total. The second kappa shape index (κ2) is 4.75. The number of carbonyl (C=O) groups excluding carboxylic acids is 1. The second-order valence-corrected chi connectivity index (χ2v) is 6.40. The molecule has 0 heterocycles. The van der Waals surface area contributed by atoms with E-state index in [9.17, 15) is 4.79 Å². The molecule has 1 aromatic rings. The van der Waals surface area contributed by atoms with Gasteiger partial charge in [-0.2, -0.15) is 0 Å². The number of nitrogens with one attached hydrogen (secondary N) is 1. The highest BCUT2D eigenvalue weighted by Crippen LogP contribution is 2.37. The Morgan fingerprint density at radius 2 is 2.06 bits per heavy atom. The van der Waals surface area contributed by atoms with Gasteiger partial charge in [0.15, 0.2) is 0 Å². The lowest BCUT2D eigenvalue weighted by Gasteiger charge is -2.18. The molecule has 0 aromatic heterocycles. The molecule has 0 radical (unpaired) electrons. The van der Waals surface area contributed by atoms with E-state index in [0.717, 1.165) is 29.5 Å². The monoisotopic (exact) mass is 245 g/mol. The summed E-state index contributed by atoms with van der Waals surface area (Å²) >= 11 is 0. The normalized spacial score (nSPS) is 21.9. The van der Waals surface area contributed by atoms with Crippen LogP contribution in [0.25, 0.3) is 0 Å². The molecule has 0 bridgehead atoms. The quantitative estimate of drug-likeness (QED) is 0.847. The van der Waals surface area contributed by atoms with Crippen LogP contribution in [0.1, 0.15) is 54.6 Å². The predicted octanol–water partition coefficient (Wildman–Crippen LogP) is 3.61. The number of hydrogen-bond acceptors (Lipinski definition) is 1. The smallest absolute Gasteiger partial charge is 0.251 e. The van der Waals surface area contributed by atoms with Crippen molar-refractivity contribution >= 4 is 5.91 Å². The molecule has 1 amide bonds. The lowest BCUT2D eigenvalue weighted by Crippen LogP contribution is -2.33. The second-order valence-electron chi connectivity index (χ2n) is 6.40. The predicted molar refractivity (Wildman–Crippen MR) is 74.8 cm³/mol. The topological polar surface area (TPSA) is 29.1 Å². The van der Waals surface area contributed by atoms with Gasteiger partial charge in [0.2, 0.25) is 0 Å². The van der Waals surface area contributed by atoms with E-state index in [2.05, 4.69) is 19.2 Å². The molecule has 2 nitrogen and oxygen atoms in total. The molecule has 18 heavy (non-hydrogen) atoms. The number of aryl methyl sites for hydroxylation is 2. The summed E-state index contributed by atoms with van der Waals surface area (Å²) in [6.07, 6.45) is 3.39. The fourth-order valence-electron chi connectivity index (χ4n) is 2.80. The highest BCUT2D eigenvalue weighted by molar-refractivity contribution is 5.96. The van der Waals surface area contributed by atoms with Crippen LogP contribution < -0.4 is 5.32 Å². The Bertz CT molecular complexity index is 462. The molecule has 2 rings (SSSR count). The van der Waals surface area contributed by atoms with Gasteiger partial charge in [-0.05, 0) is 50.2 Å². The van der Waals surface area contributed by atoms with E-state index in [4.69, 9.17) is 0 Å². The minimum absolute atomic E-state index is 0.0823. The van der Waals surface area contributed by atoms with Gasteiger partial charge in [-0.1, -0.05) is 31.5 Å². The Kier molecular flexibility index (Phi) is 3.47. The minimum Gasteiger partial charge on any atom is -0.349 e. The van der Waals surface area contributed by atoms with E-state index in [-0.39, 0.29) is 5.91 Å². The van der Waals surface area contributed by atoms with Crippen molar-refractivity contribution in [2.24, 2.45) is 5.41 Å². The summed E-state index contributed by atoms with van der Waals surface area (Å²) in [5, 5.41) is 3.18. The van der Waals surface area contributed by atoms with Crippen LogP contribution in [0.15, 0.2) is 18.2 Å². The lowest BCUT2D eigenvalue weighted by atomic mass is 9.92. The first kappa shape index (κ1) is 13.1. The maximum atomic E-state index is 12.3. The van der Waals surface area contributed by atoms with Crippen LogP contribution in [0.4, 0.5) is 0 Å². The molecule has 2 heteroatoms. The van der Waals surface area contributed by atoms with E-state index >= 15 is 0 Å². The highest BCUT2D eigenvalue weighted by atomic mass is 16.1. The summed E-state index contributed by atoms with van der Waals surface area (Å²) in [6, 6.07) is 6.38. The molecule has 1 aromatic carbocycles. The van der Waals surface area contributed by atoms with Crippen LogP contribution in [0.2, 0.25) is 0 Å². The van der Waals surface area contributed by atoms with Gasteiger partial charge >= 0.3 is 0 Å². The zero-order valence-electron chi connectivity index (χ0n) is 11.8. The van der Waals surface area contributed by atoms with Gasteiger partial charge < -0.3 is 5.32 Å². The van der Waals surface area contributed by atoms with Crippen molar-refractivity contribution in [2.75, 3.05) is 0 Å². The van der Waals surface area contributed by atoms with Gasteiger partial charge in [0, 0.05) is 11.6 Å². The van der Waals surface area contributed by atoms with Crippen LogP contribution in [-0.2, 0) is 0 Å². The summed E-state index contributed by atoms with van der Waals surface area (Å²) in [5.74, 6) is 0.0823. The lowest BCUT2D eigenvalue weighted by molar-refractivity contribution is 0.0935. The highest BCUT2D eigenvalue weighted by Gasteiger charge is 2.31. The van der Waals surface area contributed by atoms with Gasteiger partial charge in [0.1, 0.15) is 0 Å². The Balaban J connectivity index is 2.06. The molecule has 0 saturated heterocycles. The minimum atomic E-state index is 0.0823. The molecule has 1 fully saturated rings. The van der Waals surface area contributed by atoms with Crippen molar-refractivity contribution in [3.63, 3.8) is 0 Å². The first-order chi connectivity index (χ1) is 8.37. The number of rotatable bonds is 2. The van der Waals surface area contributed by atoms with Gasteiger partial charge in [-0.3, -0.25) is 4.79 Å². The maximum absolute atomic E-state index is 12.3. The molecule has 1 aliphatic rings. The standard InChI is InChI=1S/C16H23NO/c1-11-5-6-12(2)14(9-11)15(18)17-13-7-8-16(3,4)10-13/h5-6,9,13H,7-8,10H2,1-4H3,(H,17,18). The van der Waals surface area contributed by atoms with E-state index in [1.807, 2.05) is 32.0 Å². The molecule has 98 valence electrons. The van der Waals surface area contributed by atoms with Crippen molar-refractivity contribution < 1.29 is 4.79 Å². The maximum Gasteiger partial charge on any atom is 0.251 e. The average molecular weight is 245 g/mol. The fourth-order valence-corrected chi connectivity index (χ4v) is 2.80. The first-order valence-corrected chi connectivity index (χ1v) is 6.75. The average Bonchev–Trinajstić information content (AvgIpc) is 2.61. The summed E-state index contributed by atoms with van der Waals surface area (Å²) in [6.45, 7) is 8.57. The molecular weight excluding hydrogens is 222 g/mol. The molecule has 0 spiro atoms. The zero-order chi connectivity index (χ0) is 13.3. The van der Waals surface area contributed by atoms with Crippen molar-refractivity contribution in [3.8, 4) is 0 Å². The molecule has 1 aliphatic carbocycles. The number of amides is 1. The molecule has 1 atom stereocenters. The third-order valence-electron chi connectivity index (χ3n) is 3.94. The van der Waals surface area contributed by atoms with Crippen LogP contribution in [0.5, 0.6) is 0 Å². The van der Waals surface area contributed by atoms with Crippen molar-refractivity contribution in [2.45, 2.75) is 53.0 Å².